The third kappa shape index (κ3) is 4.73. The summed E-state index contributed by atoms with van der Waals surface area (Å²) in [5.41, 5.74) is 0. The molecule has 1 heterocycles. The minimum absolute atomic E-state index is 0.173. The van der Waals surface area contributed by atoms with Crippen molar-refractivity contribution in [1.29, 1.82) is 0 Å². The first kappa shape index (κ1) is 14.0. The highest BCUT2D eigenvalue weighted by Crippen LogP contribution is 2.08. The van der Waals surface area contributed by atoms with Gasteiger partial charge in [0.2, 0.25) is 5.91 Å². The molecule has 1 amide bonds. The van der Waals surface area contributed by atoms with Gasteiger partial charge < -0.3 is 15.7 Å². The highest BCUT2D eigenvalue weighted by atomic mass is 16.4. The predicted octanol–water partition coefficient (Wildman–Crippen LogP) is 0.888. The molecular weight excluding hydrogens is 220 g/mol. The Labute approximate surface area is 102 Å². The molecule has 1 saturated heterocycles. The number of nitrogens with one attached hydrogen (secondary N) is 2. The summed E-state index contributed by atoms with van der Waals surface area (Å²) < 4.78 is 0. The Morgan fingerprint density at radius 3 is 2.76 bits per heavy atom. The van der Waals surface area contributed by atoms with Gasteiger partial charge in [-0.2, -0.15) is 0 Å². The molecule has 1 aliphatic heterocycles. The molecule has 98 valence electrons. The standard InChI is InChI=1S/C12H22N2O3/c1-2-3-6-10(12(16)17)14-11(15)9-7-4-5-8-13-9/h9-10,13H,2-8H2,1H3,(H,14,15)(H,16,17)/t9-,10+/m1/s1. The number of carboxylic acid groups (broad SMARTS) is 1. The van der Waals surface area contributed by atoms with Crippen LogP contribution in [0.4, 0.5) is 0 Å². The Morgan fingerprint density at radius 1 is 1.47 bits per heavy atom. The van der Waals surface area contributed by atoms with Crippen molar-refractivity contribution in [2.24, 2.45) is 0 Å². The van der Waals surface area contributed by atoms with Crippen molar-refractivity contribution >= 4 is 11.9 Å². The number of carbonyl (C=O) groups excluding carboxylic acids is 1. The topological polar surface area (TPSA) is 78.4 Å². The van der Waals surface area contributed by atoms with E-state index in [0.29, 0.717) is 6.42 Å². The van der Waals surface area contributed by atoms with Crippen LogP contribution in [0.5, 0.6) is 0 Å². The van der Waals surface area contributed by atoms with Gasteiger partial charge in [0.1, 0.15) is 6.04 Å². The van der Waals surface area contributed by atoms with E-state index in [1.54, 1.807) is 0 Å². The molecule has 0 unspecified atom stereocenters. The van der Waals surface area contributed by atoms with E-state index < -0.39 is 12.0 Å². The zero-order valence-electron chi connectivity index (χ0n) is 10.4. The Balaban J connectivity index is 2.42. The minimum Gasteiger partial charge on any atom is -0.480 e. The summed E-state index contributed by atoms with van der Waals surface area (Å²) in [6.07, 6.45) is 5.16. The van der Waals surface area contributed by atoms with Crippen LogP contribution in [0.3, 0.4) is 0 Å². The molecule has 0 saturated carbocycles. The molecule has 5 heteroatoms. The van der Waals surface area contributed by atoms with E-state index in [2.05, 4.69) is 10.6 Å². The Hall–Kier alpha value is -1.10. The molecule has 5 nitrogen and oxygen atoms in total. The van der Waals surface area contributed by atoms with Crippen molar-refractivity contribution in [3.63, 3.8) is 0 Å². The van der Waals surface area contributed by atoms with Gasteiger partial charge in [-0.1, -0.05) is 26.2 Å². The lowest BCUT2D eigenvalue weighted by Crippen LogP contribution is -2.51. The van der Waals surface area contributed by atoms with Crippen LogP contribution in [0, 0.1) is 0 Å². The summed E-state index contributed by atoms with van der Waals surface area (Å²) in [5, 5.41) is 14.7. The molecule has 3 N–H and O–H groups in total. The van der Waals surface area contributed by atoms with Gasteiger partial charge >= 0.3 is 5.97 Å². The number of hydrogen-bond acceptors (Lipinski definition) is 3. The average molecular weight is 242 g/mol. The molecule has 0 aromatic rings. The quantitative estimate of drug-likeness (QED) is 0.646. The van der Waals surface area contributed by atoms with Gasteiger partial charge in [0.25, 0.3) is 0 Å². The van der Waals surface area contributed by atoms with Crippen LogP contribution in [0.15, 0.2) is 0 Å². The summed E-state index contributed by atoms with van der Waals surface area (Å²) >= 11 is 0. The molecule has 0 aliphatic carbocycles. The van der Waals surface area contributed by atoms with Gasteiger partial charge in [0.15, 0.2) is 0 Å². The maximum Gasteiger partial charge on any atom is 0.326 e. The SMILES string of the molecule is CCCC[C@H](NC(=O)[C@H]1CCCCN1)C(=O)O. The predicted molar refractivity (Wildman–Crippen MR) is 64.7 cm³/mol. The van der Waals surface area contributed by atoms with Crippen LogP contribution in [-0.2, 0) is 9.59 Å². The first-order chi connectivity index (χ1) is 8.15. The van der Waals surface area contributed by atoms with Gasteiger partial charge in [-0.15, -0.1) is 0 Å². The number of hydrogen-bond donors (Lipinski definition) is 3. The summed E-state index contributed by atoms with van der Waals surface area (Å²) in [7, 11) is 0. The fraction of sp³-hybridized carbons (Fsp3) is 0.833. The maximum absolute atomic E-state index is 11.8. The number of unbranched alkanes of at least 4 members (excludes halogenated alkanes) is 1. The molecule has 17 heavy (non-hydrogen) atoms. The van der Waals surface area contributed by atoms with E-state index in [1.807, 2.05) is 6.92 Å². The molecule has 0 bridgehead atoms. The van der Waals surface area contributed by atoms with Crippen molar-refractivity contribution in [2.45, 2.75) is 57.5 Å². The van der Waals surface area contributed by atoms with Crippen LogP contribution in [0.1, 0.15) is 45.4 Å². The van der Waals surface area contributed by atoms with E-state index in [9.17, 15) is 9.59 Å². The van der Waals surface area contributed by atoms with Crippen LogP contribution in [0.25, 0.3) is 0 Å². The highest BCUT2D eigenvalue weighted by molar-refractivity contribution is 5.86. The normalized spacial score (nSPS) is 21.8. The molecular formula is C12H22N2O3. The van der Waals surface area contributed by atoms with Gasteiger partial charge in [-0.05, 0) is 25.8 Å². The fourth-order valence-corrected chi connectivity index (χ4v) is 2.01. The van der Waals surface area contributed by atoms with Crippen LogP contribution < -0.4 is 10.6 Å². The number of piperidine rings is 1. The van der Waals surface area contributed by atoms with Gasteiger partial charge in [0, 0.05) is 0 Å². The zero-order chi connectivity index (χ0) is 12.7. The van der Waals surface area contributed by atoms with Crippen molar-refractivity contribution in [2.75, 3.05) is 6.54 Å². The second-order valence-corrected chi connectivity index (χ2v) is 4.54. The van der Waals surface area contributed by atoms with Gasteiger partial charge in [-0.3, -0.25) is 4.79 Å². The number of aliphatic carboxylic acids is 1. The Bertz CT molecular complexity index is 262. The van der Waals surface area contributed by atoms with Crippen molar-refractivity contribution in [1.82, 2.24) is 10.6 Å². The van der Waals surface area contributed by atoms with E-state index in [-0.39, 0.29) is 11.9 Å². The van der Waals surface area contributed by atoms with Gasteiger partial charge in [0.05, 0.1) is 6.04 Å². The van der Waals surface area contributed by atoms with E-state index in [0.717, 1.165) is 38.6 Å². The lowest BCUT2D eigenvalue weighted by molar-refractivity contribution is -0.142. The van der Waals surface area contributed by atoms with Crippen LogP contribution in [0.2, 0.25) is 0 Å². The summed E-state index contributed by atoms with van der Waals surface area (Å²) in [6, 6.07) is -0.960. The molecule has 0 aromatic heterocycles. The van der Waals surface area contributed by atoms with E-state index in [1.165, 1.54) is 0 Å². The fourth-order valence-electron chi connectivity index (χ4n) is 2.01. The molecule has 0 spiro atoms. The first-order valence-electron chi connectivity index (χ1n) is 6.41. The summed E-state index contributed by atoms with van der Waals surface area (Å²) in [6.45, 7) is 2.84. The number of carboxylic acids is 1. The number of rotatable bonds is 6. The second kappa shape index (κ2) is 7.27. The summed E-state index contributed by atoms with van der Waals surface area (Å²) in [5.74, 6) is -1.11. The average Bonchev–Trinajstić information content (AvgIpc) is 2.35. The number of carbonyl (C=O) groups is 2. The molecule has 0 radical (unpaired) electrons. The van der Waals surface area contributed by atoms with Crippen molar-refractivity contribution < 1.29 is 14.7 Å². The molecule has 0 aromatic carbocycles. The molecule has 1 aliphatic rings. The first-order valence-corrected chi connectivity index (χ1v) is 6.41. The largest absolute Gasteiger partial charge is 0.480 e. The third-order valence-electron chi connectivity index (χ3n) is 3.09. The van der Waals surface area contributed by atoms with E-state index >= 15 is 0 Å². The number of amides is 1. The second-order valence-electron chi connectivity index (χ2n) is 4.54. The van der Waals surface area contributed by atoms with Crippen LogP contribution >= 0.6 is 0 Å². The minimum atomic E-state index is -0.942. The lowest BCUT2D eigenvalue weighted by Gasteiger charge is -2.24. The third-order valence-corrected chi connectivity index (χ3v) is 3.09. The monoisotopic (exact) mass is 242 g/mol. The van der Waals surface area contributed by atoms with E-state index in [4.69, 9.17) is 5.11 Å². The van der Waals surface area contributed by atoms with Gasteiger partial charge in [-0.25, -0.2) is 4.79 Å². The van der Waals surface area contributed by atoms with Crippen molar-refractivity contribution in [3.05, 3.63) is 0 Å². The zero-order valence-corrected chi connectivity index (χ0v) is 10.4. The summed E-state index contributed by atoms with van der Waals surface area (Å²) in [4.78, 5) is 22.8. The van der Waals surface area contributed by atoms with Crippen LogP contribution in [-0.4, -0.2) is 35.6 Å². The smallest absolute Gasteiger partial charge is 0.326 e. The van der Waals surface area contributed by atoms with Crippen molar-refractivity contribution in [3.8, 4) is 0 Å². The molecule has 1 rings (SSSR count). The molecule has 2 atom stereocenters. The Kier molecular flexibility index (Phi) is 5.97. The molecule has 1 fully saturated rings. The Morgan fingerprint density at radius 2 is 2.24 bits per heavy atom. The lowest BCUT2D eigenvalue weighted by atomic mass is 10.0. The maximum atomic E-state index is 11.8. The highest BCUT2D eigenvalue weighted by Gasteiger charge is 2.25.